The molecule has 0 saturated heterocycles. The van der Waals surface area contributed by atoms with E-state index < -0.39 is 0 Å². The van der Waals surface area contributed by atoms with Crippen LogP contribution in [0.5, 0.6) is 0 Å². The molecule has 0 fully saturated rings. The summed E-state index contributed by atoms with van der Waals surface area (Å²) < 4.78 is 0. The molecule has 0 radical (unpaired) electrons. The Morgan fingerprint density at radius 3 is 2.08 bits per heavy atom. The molecule has 122 valence electrons. The maximum atomic E-state index is 10.0. The van der Waals surface area contributed by atoms with E-state index in [0.29, 0.717) is 5.56 Å². The first-order chi connectivity index (χ1) is 12.4. The molecule has 3 aromatic rings. The van der Waals surface area contributed by atoms with Crippen molar-refractivity contribution >= 4 is 0 Å². The second-order valence-corrected chi connectivity index (χ2v) is 6.54. The van der Waals surface area contributed by atoms with Crippen LogP contribution >= 0.6 is 0 Å². The molecule has 0 atom stereocenters. The van der Waals surface area contributed by atoms with Crippen LogP contribution in [0.1, 0.15) is 36.1 Å². The molecule has 4 rings (SSSR count). The van der Waals surface area contributed by atoms with E-state index in [1.807, 2.05) is 48.5 Å². The molecule has 1 aromatic heterocycles. The standard InChI is InChI=1S/C23H20N2/c24-16-20-22(17-10-4-1-5-11-17)19-14-8-3-9-15-21(19)25-23(20)18-12-6-2-7-13-18/h1-2,4-7,10-13H,3,8-9,14-15H2. The van der Waals surface area contributed by atoms with Crippen molar-refractivity contribution < 1.29 is 0 Å². The van der Waals surface area contributed by atoms with E-state index in [1.165, 1.54) is 30.5 Å². The first-order valence-electron chi connectivity index (χ1n) is 8.95. The summed E-state index contributed by atoms with van der Waals surface area (Å²) >= 11 is 0. The predicted octanol–water partition coefficient (Wildman–Crippen LogP) is 5.56. The monoisotopic (exact) mass is 324 g/mol. The third-order valence-electron chi connectivity index (χ3n) is 4.95. The Morgan fingerprint density at radius 1 is 0.760 bits per heavy atom. The highest BCUT2D eigenvalue weighted by molar-refractivity contribution is 5.82. The van der Waals surface area contributed by atoms with E-state index in [2.05, 4.69) is 18.2 Å². The summed E-state index contributed by atoms with van der Waals surface area (Å²) in [6, 6.07) is 22.9. The lowest BCUT2D eigenvalue weighted by Gasteiger charge is -2.17. The van der Waals surface area contributed by atoms with E-state index in [9.17, 15) is 5.26 Å². The van der Waals surface area contributed by atoms with Crippen molar-refractivity contribution in [1.29, 1.82) is 5.26 Å². The Kier molecular flexibility index (Phi) is 4.31. The lowest BCUT2D eigenvalue weighted by atomic mass is 9.89. The molecule has 25 heavy (non-hydrogen) atoms. The zero-order valence-electron chi connectivity index (χ0n) is 14.2. The molecule has 2 heteroatoms. The van der Waals surface area contributed by atoms with Gasteiger partial charge in [-0.15, -0.1) is 0 Å². The van der Waals surface area contributed by atoms with Gasteiger partial charge in [0.25, 0.3) is 0 Å². The summed E-state index contributed by atoms with van der Waals surface area (Å²) in [5.74, 6) is 0. The fourth-order valence-corrected chi connectivity index (χ4v) is 3.76. The van der Waals surface area contributed by atoms with Gasteiger partial charge in [-0.2, -0.15) is 5.26 Å². The Bertz CT molecular complexity index is 922. The zero-order chi connectivity index (χ0) is 17.1. The number of hydrogen-bond acceptors (Lipinski definition) is 2. The van der Waals surface area contributed by atoms with Crippen LogP contribution in [0.25, 0.3) is 22.4 Å². The van der Waals surface area contributed by atoms with Crippen molar-refractivity contribution in [3.8, 4) is 28.5 Å². The van der Waals surface area contributed by atoms with Gasteiger partial charge >= 0.3 is 0 Å². The molecule has 0 bridgehead atoms. The largest absolute Gasteiger partial charge is 0.251 e. The fraction of sp³-hybridized carbons (Fsp3) is 0.217. The van der Waals surface area contributed by atoms with Gasteiger partial charge in [-0.1, -0.05) is 67.1 Å². The molecule has 0 spiro atoms. The van der Waals surface area contributed by atoms with Crippen LogP contribution in [0.15, 0.2) is 60.7 Å². The molecular formula is C23H20N2. The predicted molar refractivity (Wildman–Crippen MR) is 101 cm³/mol. The van der Waals surface area contributed by atoms with Gasteiger partial charge in [0.05, 0.1) is 11.3 Å². The average Bonchev–Trinajstić information content (AvgIpc) is 2.93. The third-order valence-corrected chi connectivity index (χ3v) is 4.95. The zero-order valence-corrected chi connectivity index (χ0v) is 14.2. The fourth-order valence-electron chi connectivity index (χ4n) is 3.76. The summed E-state index contributed by atoms with van der Waals surface area (Å²) in [7, 11) is 0. The van der Waals surface area contributed by atoms with E-state index in [0.717, 1.165) is 35.2 Å². The van der Waals surface area contributed by atoms with Crippen molar-refractivity contribution in [2.75, 3.05) is 0 Å². The number of aromatic nitrogens is 1. The van der Waals surface area contributed by atoms with Gasteiger partial charge in [0.15, 0.2) is 0 Å². The van der Waals surface area contributed by atoms with E-state index in [4.69, 9.17) is 4.98 Å². The van der Waals surface area contributed by atoms with E-state index in [-0.39, 0.29) is 0 Å². The first-order valence-corrected chi connectivity index (χ1v) is 8.95. The van der Waals surface area contributed by atoms with Crippen LogP contribution in [0, 0.1) is 11.3 Å². The highest BCUT2D eigenvalue weighted by Crippen LogP contribution is 2.37. The second-order valence-electron chi connectivity index (χ2n) is 6.54. The van der Waals surface area contributed by atoms with Gasteiger partial charge < -0.3 is 0 Å². The number of aryl methyl sites for hydroxylation is 1. The SMILES string of the molecule is N#Cc1c(-c2ccccc2)nc2c(c1-c1ccccc1)CCCCC2. The molecule has 0 aliphatic heterocycles. The van der Waals surface area contributed by atoms with Crippen molar-refractivity contribution in [1.82, 2.24) is 4.98 Å². The van der Waals surface area contributed by atoms with Gasteiger partial charge in [-0.3, -0.25) is 4.98 Å². The highest BCUT2D eigenvalue weighted by atomic mass is 14.7. The number of fused-ring (bicyclic) bond motifs is 1. The van der Waals surface area contributed by atoms with Crippen LogP contribution in [0.2, 0.25) is 0 Å². The molecule has 0 amide bonds. The van der Waals surface area contributed by atoms with Crippen molar-refractivity contribution in [2.24, 2.45) is 0 Å². The van der Waals surface area contributed by atoms with Crippen LogP contribution in [0.3, 0.4) is 0 Å². The maximum Gasteiger partial charge on any atom is 0.102 e. The van der Waals surface area contributed by atoms with Crippen molar-refractivity contribution in [3.05, 3.63) is 77.5 Å². The highest BCUT2D eigenvalue weighted by Gasteiger charge is 2.22. The van der Waals surface area contributed by atoms with E-state index >= 15 is 0 Å². The average molecular weight is 324 g/mol. The Morgan fingerprint density at radius 2 is 1.40 bits per heavy atom. The minimum atomic E-state index is 0.707. The van der Waals surface area contributed by atoms with Crippen LogP contribution < -0.4 is 0 Å². The quantitative estimate of drug-likeness (QED) is 0.579. The number of nitrogens with zero attached hydrogens (tertiary/aromatic N) is 2. The summed E-state index contributed by atoms with van der Waals surface area (Å²) in [6.07, 6.45) is 5.59. The first kappa shape index (κ1) is 15.6. The molecule has 2 aromatic carbocycles. The smallest absolute Gasteiger partial charge is 0.102 e. The number of hydrogen-bond donors (Lipinski definition) is 0. The number of pyridine rings is 1. The Balaban J connectivity index is 2.05. The molecular weight excluding hydrogens is 304 g/mol. The number of benzene rings is 2. The molecule has 1 heterocycles. The van der Waals surface area contributed by atoms with Gasteiger partial charge in [0.2, 0.25) is 0 Å². The van der Waals surface area contributed by atoms with Crippen LogP contribution in [-0.4, -0.2) is 4.98 Å². The molecule has 0 saturated carbocycles. The normalized spacial score (nSPS) is 13.6. The lowest BCUT2D eigenvalue weighted by Crippen LogP contribution is -2.05. The lowest BCUT2D eigenvalue weighted by molar-refractivity contribution is 0.709. The van der Waals surface area contributed by atoms with Crippen molar-refractivity contribution in [3.63, 3.8) is 0 Å². The second kappa shape index (κ2) is 6.91. The van der Waals surface area contributed by atoms with Crippen molar-refractivity contribution in [2.45, 2.75) is 32.1 Å². The van der Waals surface area contributed by atoms with Crippen LogP contribution in [0.4, 0.5) is 0 Å². The Hall–Kier alpha value is -2.92. The summed E-state index contributed by atoms with van der Waals surface area (Å²) in [5, 5.41) is 10.0. The summed E-state index contributed by atoms with van der Waals surface area (Å²) in [6.45, 7) is 0. The summed E-state index contributed by atoms with van der Waals surface area (Å²) in [4.78, 5) is 4.98. The maximum absolute atomic E-state index is 10.0. The molecule has 2 nitrogen and oxygen atoms in total. The molecule has 0 unspecified atom stereocenters. The number of nitriles is 1. The minimum absolute atomic E-state index is 0.707. The van der Waals surface area contributed by atoms with Crippen LogP contribution in [-0.2, 0) is 12.8 Å². The third kappa shape index (κ3) is 2.94. The summed E-state index contributed by atoms with van der Waals surface area (Å²) in [5.41, 5.74) is 7.21. The Labute approximate surface area is 148 Å². The van der Waals surface area contributed by atoms with Gasteiger partial charge in [-0.25, -0.2) is 0 Å². The minimum Gasteiger partial charge on any atom is -0.251 e. The topological polar surface area (TPSA) is 36.7 Å². The molecule has 0 N–H and O–H groups in total. The van der Waals surface area contributed by atoms with Gasteiger partial charge in [0.1, 0.15) is 6.07 Å². The van der Waals surface area contributed by atoms with Gasteiger partial charge in [-0.05, 0) is 36.8 Å². The molecule has 1 aliphatic carbocycles. The molecule has 1 aliphatic rings. The number of rotatable bonds is 2. The van der Waals surface area contributed by atoms with Gasteiger partial charge in [0, 0.05) is 16.8 Å². The van der Waals surface area contributed by atoms with E-state index in [1.54, 1.807) is 0 Å².